The highest BCUT2D eigenvalue weighted by atomic mass is 16.5. The van der Waals surface area contributed by atoms with Crippen LogP contribution in [0.5, 0.6) is 0 Å². The molecule has 0 aromatic carbocycles. The van der Waals surface area contributed by atoms with E-state index in [1.807, 2.05) is 6.07 Å². The van der Waals surface area contributed by atoms with Crippen molar-refractivity contribution in [2.24, 2.45) is 0 Å². The van der Waals surface area contributed by atoms with Gasteiger partial charge in [0.15, 0.2) is 11.9 Å². The molecule has 2 aromatic rings. The van der Waals surface area contributed by atoms with E-state index >= 15 is 0 Å². The molecule has 1 saturated carbocycles. The molecule has 0 amide bonds. The molecule has 4 rings (SSSR count). The summed E-state index contributed by atoms with van der Waals surface area (Å²) in [5.41, 5.74) is 2.48. The third kappa shape index (κ3) is 3.36. The predicted octanol–water partition coefficient (Wildman–Crippen LogP) is 2.21. The molecule has 3 N–H and O–H groups in total. The van der Waals surface area contributed by atoms with E-state index in [0.717, 1.165) is 11.2 Å². The summed E-state index contributed by atoms with van der Waals surface area (Å²) >= 11 is 0. The maximum Gasteiger partial charge on any atom is 0.164 e. The molecule has 7 heteroatoms. The van der Waals surface area contributed by atoms with Gasteiger partial charge in [-0.05, 0) is 18.9 Å². The number of ether oxygens (including phenoxy) is 1. The molecule has 0 radical (unpaired) electrons. The molecule has 0 bridgehead atoms. The van der Waals surface area contributed by atoms with Crippen LogP contribution in [-0.2, 0) is 4.74 Å². The molecule has 1 aliphatic heterocycles. The zero-order chi connectivity index (χ0) is 17.2. The largest absolute Gasteiger partial charge is 0.394 e. The van der Waals surface area contributed by atoms with Crippen molar-refractivity contribution in [1.29, 1.82) is 0 Å². The number of hydrogen-bond donors (Lipinski definition) is 3. The Bertz CT molecular complexity index is 711. The topological polar surface area (TPSA) is 92.4 Å². The molecule has 2 aromatic heterocycles. The number of nitrogens with zero attached hydrogens (tertiary/aromatic N) is 3. The van der Waals surface area contributed by atoms with Crippen molar-refractivity contribution in [3.63, 3.8) is 0 Å². The first-order valence-electron chi connectivity index (χ1n) is 9.28. The van der Waals surface area contributed by atoms with E-state index in [-0.39, 0.29) is 12.7 Å². The molecule has 2 aliphatic rings. The number of pyridine rings is 1. The fourth-order valence-electron chi connectivity index (χ4n) is 3.98. The molecule has 0 spiro atoms. The summed E-state index contributed by atoms with van der Waals surface area (Å²) in [5.74, 6) is 0. The Balaban J connectivity index is 1.59. The first kappa shape index (κ1) is 16.8. The van der Waals surface area contributed by atoms with Crippen LogP contribution in [0.3, 0.4) is 0 Å². The molecular formula is C18H26N4O3. The maximum absolute atomic E-state index is 10.3. The van der Waals surface area contributed by atoms with Crippen LogP contribution < -0.4 is 5.32 Å². The predicted molar refractivity (Wildman–Crippen MR) is 94.3 cm³/mol. The van der Waals surface area contributed by atoms with E-state index in [0.29, 0.717) is 18.1 Å². The quantitative estimate of drug-likeness (QED) is 0.735. The lowest BCUT2D eigenvalue weighted by Crippen LogP contribution is -2.20. The van der Waals surface area contributed by atoms with Crippen molar-refractivity contribution >= 4 is 16.9 Å². The number of aromatic nitrogens is 3. The lowest BCUT2D eigenvalue weighted by molar-refractivity contribution is -0.0486. The van der Waals surface area contributed by atoms with Crippen molar-refractivity contribution in [3.8, 4) is 0 Å². The molecule has 25 heavy (non-hydrogen) atoms. The zero-order valence-electron chi connectivity index (χ0n) is 14.3. The van der Waals surface area contributed by atoms with Crippen LogP contribution in [0.25, 0.3) is 11.2 Å². The summed E-state index contributed by atoms with van der Waals surface area (Å²) < 4.78 is 7.52. The summed E-state index contributed by atoms with van der Waals surface area (Å²) in [7, 11) is 0. The first-order chi connectivity index (χ1) is 12.3. The van der Waals surface area contributed by atoms with Gasteiger partial charge in [0.05, 0.1) is 24.7 Å². The molecule has 7 nitrogen and oxygen atoms in total. The molecule has 136 valence electrons. The van der Waals surface area contributed by atoms with E-state index < -0.39 is 12.3 Å². The Morgan fingerprint density at radius 1 is 1.20 bits per heavy atom. The first-order valence-corrected chi connectivity index (χ1v) is 9.28. The van der Waals surface area contributed by atoms with Crippen molar-refractivity contribution in [2.75, 3.05) is 11.9 Å². The van der Waals surface area contributed by atoms with Gasteiger partial charge in [-0.25, -0.2) is 9.97 Å². The molecule has 3 heterocycles. The molecular weight excluding hydrogens is 320 g/mol. The highest BCUT2D eigenvalue weighted by molar-refractivity contribution is 5.85. The van der Waals surface area contributed by atoms with Gasteiger partial charge in [0.25, 0.3) is 0 Å². The van der Waals surface area contributed by atoms with Gasteiger partial charge in [0, 0.05) is 18.7 Å². The minimum Gasteiger partial charge on any atom is -0.394 e. The van der Waals surface area contributed by atoms with Gasteiger partial charge < -0.3 is 20.3 Å². The summed E-state index contributed by atoms with van der Waals surface area (Å²) in [5, 5.41) is 23.2. The maximum atomic E-state index is 10.3. The van der Waals surface area contributed by atoms with E-state index in [9.17, 15) is 10.2 Å². The minimum atomic E-state index is -0.671. The minimum absolute atomic E-state index is 0.0951. The number of rotatable bonds is 4. The summed E-state index contributed by atoms with van der Waals surface area (Å²) in [6.07, 6.45) is 9.84. The van der Waals surface area contributed by atoms with Crippen LogP contribution in [-0.4, -0.2) is 49.6 Å². The summed E-state index contributed by atoms with van der Waals surface area (Å²) in [4.78, 5) is 8.97. The van der Waals surface area contributed by atoms with Gasteiger partial charge in [-0.1, -0.05) is 25.7 Å². The van der Waals surface area contributed by atoms with Crippen LogP contribution in [0.2, 0.25) is 0 Å². The van der Waals surface area contributed by atoms with E-state index in [1.165, 1.54) is 38.5 Å². The summed E-state index contributed by atoms with van der Waals surface area (Å²) in [6, 6.07) is 2.44. The second-order valence-corrected chi connectivity index (χ2v) is 7.15. The number of hydrogen-bond acceptors (Lipinski definition) is 6. The number of anilines is 1. The molecule has 2 fully saturated rings. The highest BCUT2D eigenvalue weighted by Crippen LogP contribution is 2.32. The average molecular weight is 346 g/mol. The summed E-state index contributed by atoms with van der Waals surface area (Å²) in [6.45, 7) is -0.0951. The fourth-order valence-corrected chi connectivity index (χ4v) is 3.98. The van der Waals surface area contributed by atoms with Gasteiger partial charge in [-0.15, -0.1) is 0 Å². The average Bonchev–Trinajstić information content (AvgIpc) is 3.11. The normalized spacial score (nSPS) is 28.3. The van der Waals surface area contributed by atoms with E-state index in [2.05, 4.69) is 15.3 Å². The van der Waals surface area contributed by atoms with Gasteiger partial charge in [0.1, 0.15) is 11.6 Å². The lowest BCUT2D eigenvalue weighted by atomic mass is 10.1. The SMILES string of the molecule is OCC1CC(O)C(n2cnc3c(NC4CCCCCC4)ccnc32)O1. The highest BCUT2D eigenvalue weighted by Gasteiger charge is 2.35. The van der Waals surface area contributed by atoms with Gasteiger partial charge in [-0.3, -0.25) is 4.57 Å². The number of fused-ring (bicyclic) bond motifs is 1. The molecule has 1 aliphatic carbocycles. The number of aliphatic hydroxyl groups excluding tert-OH is 2. The molecule has 3 unspecified atom stereocenters. The number of imidazole rings is 1. The molecule has 3 atom stereocenters. The van der Waals surface area contributed by atoms with Crippen molar-refractivity contribution in [2.45, 2.75) is 69.4 Å². The zero-order valence-corrected chi connectivity index (χ0v) is 14.3. The smallest absolute Gasteiger partial charge is 0.164 e. The van der Waals surface area contributed by atoms with Gasteiger partial charge >= 0.3 is 0 Å². The van der Waals surface area contributed by atoms with Crippen molar-refractivity contribution < 1.29 is 14.9 Å². The van der Waals surface area contributed by atoms with Crippen LogP contribution in [0.4, 0.5) is 5.69 Å². The van der Waals surface area contributed by atoms with Crippen LogP contribution in [0, 0.1) is 0 Å². The number of nitrogens with one attached hydrogen (secondary N) is 1. The third-order valence-corrected chi connectivity index (χ3v) is 5.32. The van der Waals surface area contributed by atoms with Crippen LogP contribution in [0.15, 0.2) is 18.6 Å². The lowest BCUT2D eigenvalue weighted by Gasteiger charge is -2.19. The number of aliphatic hydroxyl groups is 2. The Kier molecular flexibility index (Phi) is 4.87. The van der Waals surface area contributed by atoms with Crippen molar-refractivity contribution in [3.05, 3.63) is 18.6 Å². The van der Waals surface area contributed by atoms with Gasteiger partial charge in [0.2, 0.25) is 0 Å². The van der Waals surface area contributed by atoms with E-state index in [1.54, 1.807) is 17.1 Å². The fraction of sp³-hybridized carbons (Fsp3) is 0.667. The molecule has 1 saturated heterocycles. The standard InChI is InChI=1S/C18H26N4O3/c23-10-13-9-15(24)18(25-13)22-11-20-16-14(7-8-19-17(16)22)21-12-5-3-1-2-4-6-12/h7-8,11-13,15,18,23-24H,1-6,9-10H2,(H,19,21). The monoisotopic (exact) mass is 346 g/mol. The van der Waals surface area contributed by atoms with Crippen LogP contribution in [0.1, 0.15) is 51.2 Å². The second-order valence-electron chi connectivity index (χ2n) is 7.15. The van der Waals surface area contributed by atoms with Crippen LogP contribution >= 0.6 is 0 Å². The van der Waals surface area contributed by atoms with E-state index in [4.69, 9.17) is 4.74 Å². The third-order valence-electron chi connectivity index (χ3n) is 5.32. The Morgan fingerprint density at radius 2 is 2.00 bits per heavy atom. The second kappa shape index (κ2) is 7.27. The van der Waals surface area contributed by atoms with Gasteiger partial charge in [-0.2, -0.15) is 0 Å². The van der Waals surface area contributed by atoms with Crippen molar-refractivity contribution in [1.82, 2.24) is 14.5 Å². The Labute approximate surface area is 147 Å². The Morgan fingerprint density at radius 3 is 2.72 bits per heavy atom. The Hall–Kier alpha value is -1.70.